The summed E-state index contributed by atoms with van der Waals surface area (Å²) in [4.78, 5) is 14.8. The van der Waals surface area contributed by atoms with Gasteiger partial charge in [-0.2, -0.15) is 0 Å². The summed E-state index contributed by atoms with van der Waals surface area (Å²) in [6, 6.07) is 16.5. The van der Waals surface area contributed by atoms with Gasteiger partial charge in [-0.3, -0.25) is 9.69 Å². The lowest BCUT2D eigenvalue weighted by Crippen LogP contribution is -2.39. The summed E-state index contributed by atoms with van der Waals surface area (Å²) in [5.41, 5.74) is 2.64. The molecule has 0 atom stereocenters. The Morgan fingerprint density at radius 2 is 1.67 bits per heavy atom. The molecule has 178 valence electrons. The van der Waals surface area contributed by atoms with Crippen molar-refractivity contribution >= 4 is 29.4 Å². The maximum atomic E-state index is 12.3. The Bertz CT molecular complexity index is 862. The second-order valence-electron chi connectivity index (χ2n) is 8.66. The highest BCUT2D eigenvalue weighted by Gasteiger charge is 2.20. The first-order valence-electron chi connectivity index (χ1n) is 11.8. The first-order chi connectivity index (χ1) is 16.2. The van der Waals surface area contributed by atoms with Gasteiger partial charge in [-0.05, 0) is 85.2 Å². The van der Waals surface area contributed by atoms with Crippen molar-refractivity contribution in [2.75, 3.05) is 44.9 Å². The van der Waals surface area contributed by atoms with Crippen LogP contribution in [0.3, 0.4) is 0 Å². The number of nitrogens with one attached hydrogen (secondary N) is 1. The summed E-state index contributed by atoms with van der Waals surface area (Å²) < 4.78 is 11.5. The van der Waals surface area contributed by atoms with Crippen LogP contribution in [0.25, 0.3) is 0 Å². The topological polar surface area (TPSA) is 50.8 Å². The van der Waals surface area contributed by atoms with Gasteiger partial charge < -0.3 is 14.8 Å². The molecule has 0 bridgehead atoms. The fourth-order valence-corrected chi connectivity index (χ4v) is 7.09. The van der Waals surface area contributed by atoms with Crippen LogP contribution in [0.15, 0.2) is 48.5 Å². The molecule has 0 aliphatic carbocycles. The fourth-order valence-electron chi connectivity index (χ4n) is 4.20. The van der Waals surface area contributed by atoms with Crippen molar-refractivity contribution < 1.29 is 14.3 Å². The van der Waals surface area contributed by atoms with Gasteiger partial charge in [-0.1, -0.05) is 24.3 Å². The Balaban J connectivity index is 1.11. The average molecular weight is 487 g/mol. The fraction of sp³-hybridized carbons (Fsp3) is 0.500. The SMILES string of the molecule is COc1ccc(CN2CCC(CNC(=O)COc3ccc(C4SCCCS4)cc3)CC2)cc1. The molecule has 2 aromatic carbocycles. The molecular formula is C26H34N2O3S2. The van der Waals surface area contributed by atoms with Gasteiger partial charge in [0.25, 0.3) is 5.91 Å². The third-order valence-electron chi connectivity index (χ3n) is 6.21. The first kappa shape index (κ1) is 24.3. The zero-order valence-corrected chi connectivity index (χ0v) is 21.0. The summed E-state index contributed by atoms with van der Waals surface area (Å²) in [6.45, 7) is 3.89. The van der Waals surface area contributed by atoms with Crippen LogP contribution in [-0.2, 0) is 11.3 Å². The van der Waals surface area contributed by atoms with E-state index < -0.39 is 0 Å². The molecule has 2 aliphatic rings. The van der Waals surface area contributed by atoms with Crippen molar-refractivity contribution in [1.82, 2.24) is 10.2 Å². The van der Waals surface area contributed by atoms with Crippen LogP contribution in [-0.4, -0.2) is 55.7 Å². The molecule has 2 fully saturated rings. The Morgan fingerprint density at radius 1 is 1.00 bits per heavy atom. The number of amides is 1. The minimum atomic E-state index is -0.0434. The van der Waals surface area contributed by atoms with E-state index in [9.17, 15) is 4.79 Å². The first-order valence-corrected chi connectivity index (χ1v) is 13.9. The lowest BCUT2D eigenvalue weighted by molar-refractivity contribution is -0.123. The molecule has 2 saturated heterocycles. The minimum absolute atomic E-state index is 0.0434. The van der Waals surface area contributed by atoms with Crippen molar-refractivity contribution in [1.29, 1.82) is 0 Å². The zero-order chi connectivity index (χ0) is 22.9. The monoisotopic (exact) mass is 486 g/mol. The van der Waals surface area contributed by atoms with Gasteiger partial charge in [-0.15, -0.1) is 23.5 Å². The summed E-state index contributed by atoms with van der Waals surface area (Å²) >= 11 is 4.02. The second kappa shape index (κ2) is 12.6. The minimum Gasteiger partial charge on any atom is -0.497 e. The number of piperidine rings is 1. The van der Waals surface area contributed by atoms with Gasteiger partial charge in [0.1, 0.15) is 11.5 Å². The van der Waals surface area contributed by atoms with E-state index in [2.05, 4.69) is 34.5 Å². The number of nitrogens with zero attached hydrogens (tertiary/aromatic N) is 1. The Hall–Kier alpha value is -1.83. The quantitative estimate of drug-likeness (QED) is 0.540. The van der Waals surface area contributed by atoms with E-state index in [0.29, 0.717) is 10.5 Å². The molecule has 5 nitrogen and oxygen atoms in total. The van der Waals surface area contributed by atoms with Crippen LogP contribution in [0, 0.1) is 5.92 Å². The lowest BCUT2D eigenvalue weighted by Gasteiger charge is -2.32. The highest BCUT2D eigenvalue weighted by molar-refractivity contribution is 8.16. The second-order valence-corrected chi connectivity index (χ2v) is 11.4. The molecule has 33 heavy (non-hydrogen) atoms. The van der Waals surface area contributed by atoms with Gasteiger partial charge in [0.2, 0.25) is 0 Å². The normalized spacial score (nSPS) is 18.1. The molecule has 0 aromatic heterocycles. The Morgan fingerprint density at radius 3 is 2.33 bits per heavy atom. The molecule has 2 aromatic rings. The van der Waals surface area contributed by atoms with E-state index in [4.69, 9.17) is 9.47 Å². The molecule has 2 heterocycles. The van der Waals surface area contributed by atoms with E-state index in [1.54, 1.807) is 7.11 Å². The Kier molecular flexibility index (Phi) is 9.26. The molecule has 0 spiro atoms. The van der Waals surface area contributed by atoms with Crippen LogP contribution in [0.1, 0.15) is 35.0 Å². The summed E-state index contributed by atoms with van der Waals surface area (Å²) in [5, 5.41) is 3.06. The van der Waals surface area contributed by atoms with Gasteiger partial charge in [0.05, 0.1) is 11.7 Å². The number of rotatable bonds is 9. The number of benzene rings is 2. The van der Waals surface area contributed by atoms with Crippen LogP contribution in [0.5, 0.6) is 11.5 Å². The Labute approximate surface area is 206 Å². The predicted octanol–water partition coefficient (Wildman–Crippen LogP) is 4.97. The number of likely N-dealkylation sites (tertiary alicyclic amines) is 1. The lowest BCUT2D eigenvalue weighted by atomic mass is 9.96. The molecule has 0 saturated carbocycles. The summed E-state index contributed by atoms with van der Waals surface area (Å²) in [5.74, 6) is 4.61. The maximum absolute atomic E-state index is 12.3. The van der Waals surface area contributed by atoms with E-state index in [0.717, 1.165) is 50.5 Å². The average Bonchev–Trinajstić information content (AvgIpc) is 2.88. The third-order valence-corrected chi connectivity index (χ3v) is 9.22. The molecule has 7 heteroatoms. The molecule has 0 unspecified atom stereocenters. The van der Waals surface area contributed by atoms with Crippen LogP contribution >= 0.6 is 23.5 Å². The van der Waals surface area contributed by atoms with E-state index in [1.165, 1.54) is 29.1 Å². The van der Waals surface area contributed by atoms with Crippen molar-refractivity contribution in [2.24, 2.45) is 5.92 Å². The van der Waals surface area contributed by atoms with Crippen molar-refractivity contribution in [2.45, 2.75) is 30.4 Å². The number of thioether (sulfide) groups is 2. The number of carbonyl (C=O) groups is 1. The molecule has 1 amide bonds. The standard InChI is InChI=1S/C26H34N2O3S2/c1-30-23-7-3-21(4-8-23)18-28-13-11-20(12-14-28)17-27-25(29)19-31-24-9-5-22(6-10-24)26-32-15-2-16-33-26/h3-10,20,26H,2,11-19H2,1H3,(H,27,29). The maximum Gasteiger partial charge on any atom is 0.257 e. The molecule has 0 radical (unpaired) electrons. The van der Waals surface area contributed by atoms with Gasteiger partial charge in [-0.25, -0.2) is 0 Å². The number of carbonyl (C=O) groups excluding carboxylic acids is 1. The highest BCUT2D eigenvalue weighted by atomic mass is 32.2. The van der Waals surface area contributed by atoms with Gasteiger partial charge in [0, 0.05) is 13.1 Å². The third kappa shape index (κ3) is 7.59. The zero-order valence-electron chi connectivity index (χ0n) is 19.3. The van der Waals surface area contributed by atoms with Crippen LogP contribution < -0.4 is 14.8 Å². The predicted molar refractivity (Wildman–Crippen MR) is 138 cm³/mol. The number of ether oxygens (including phenoxy) is 2. The number of hydrogen-bond acceptors (Lipinski definition) is 6. The molecular weight excluding hydrogens is 452 g/mol. The number of hydrogen-bond donors (Lipinski definition) is 1. The van der Waals surface area contributed by atoms with Crippen molar-refractivity contribution in [3.8, 4) is 11.5 Å². The van der Waals surface area contributed by atoms with Crippen molar-refractivity contribution in [3.05, 3.63) is 59.7 Å². The number of methoxy groups -OCH3 is 1. The van der Waals surface area contributed by atoms with Gasteiger partial charge >= 0.3 is 0 Å². The molecule has 4 rings (SSSR count). The smallest absolute Gasteiger partial charge is 0.257 e. The van der Waals surface area contributed by atoms with E-state index >= 15 is 0 Å². The largest absolute Gasteiger partial charge is 0.497 e. The van der Waals surface area contributed by atoms with Crippen molar-refractivity contribution in [3.63, 3.8) is 0 Å². The van der Waals surface area contributed by atoms with E-state index in [-0.39, 0.29) is 12.5 Å². The highest BCUT2D eigenvalue weighted by Crippen LogP contribution is 2.43. The van der Waals surface area contributed by atoms with Crippen LogP contribution in [0.2, 0.25) is 0 Å². The van der Waals surface area contributed by atoms with Gasteiger partial charge in [0.15, 0.2) is 6.61 Å². The summed E-state index contributed by atoms with van der Waals surface area (Å²) in [6.07, 6.45) is 3.51. The molecule has 1 N–H and O–H groups in total. The van der Waals surface area contributed by atoms with E-state index in [1.807, 2.05) is 47.8 Å². The van der Waals surface area contributed by atoms with Crippen LogP contribution in [0.4, 0.5) is 0 Å². The summed E-state index contributed by atoms with van der Waals surface area (Å²) in [7, 11) is 1.69. The molecule has 2 aliphatic heterocycles.